The molecule has 7 heteroatoms. The zero-order valence-electron chi connectivity index (χ0n) is 16.6. The minimum atomic E-state index is -0.243. The molecule has 0 atom stereocenters. The van der Waals surface area contributed by atoms with Crippen LogP contribution in [0.4, 0.5) is 16.3 Å². The quantitative estimate of drug-likeness (QED) is 0.769. The van der Waals surface area contributed by atoms with Crippen LogP contribution in [0.15, 0.2) is 42.6 Å². The van der Waals surface area contributed by atoms with Crippen LogP contribution in [0.25, 0.3) is 0 Å². The fraction of sp³-hybridized carbons (Fsp3) is 0.429. The lowest BCUT2D eigenvalue weighted by molar-refractivity contribution is 0.134. The Bertz CT molecular complexity index is 758. The Morgan fingerprint density at radius 2 is 1.93 bits per heavy atom. The van der Waals surface area contributed by atoms with E-state index in [1.54, 1.807) is 0 Å². The SMILES string of the molecule is CCOCc1ccccc1NC(=O)NCc1ccc(N2CCN(C)CC2)nc1. The van der Waals surface area contributed by atoms with Crippen LogP contribution < -0.4 is 15.5 Å². The Labute approximate surface area is 166 Å². The molecule has 28 heavy (non-hydrogen) atoms. The van der Waals surface area contributed by atoms with Gasteiger partial charge in [0.1, 0.15) is 5.82 Å². The van der Waals surface area contributed by atoms with Crippen LogP contribution in [-0.4, -0.2) is 55.7 Å². The van der Waals surface area contributed by atoms with Crippen LogP contribution in [0.5, 0.6) is 0 Å². The molecule has 0 spiro atoms. The van der Waals surface area contributed by atoms with Crippen LogP contribution in [0.2, 0.25) is 0 Å². The van der Waals surface area contributed by atoms with E-state index >= 15 is 0 Å². The van der Waals surface area contributed by atoms with E-state index in [1.807, 2.05) is 49.5 Å². The summed E-state index contributed by atoms with van der Waals surface area (Å²) in [4.78, 5) is 21.4. The van der Waals surface area contributed by atoms with Crippen LogP contribution >= 0.6 is 0 Å². The van der Waals surface area contributed by atoms with Gasteiger partial charge in [0.25, 0.3) is 0 Å². The number of benzene rings is 1. The number of para-hydroxylation sites is 1. The van der Waals surface area contributed by atoms with Crippen molar-refractivity contribution in [3.63, 3.8) is 0 Å². The van der Waals surface area contributed by atoms with Crippen molar-refractivity contribution in [1.29, 1.82) is 0 Å². The first-order valence-electron chi connectivity index (χ1n) is 9.74. The number of anilines is 2. The number of amides is 2. The largest absolute Gasteiger partial charge is 0.377 e. The molecule has 1 saturated heterocycles. The van der Waals surface area contributed by atoms with Gasteiger partial charge >= 0.3 is 6.03 Å². The normalized spacial score (nSPS) is 14.7. The average molecular weight is 383 g/mol. The minimum absolute atomic E-state index is 0.243. The zero-order valence-corrected chi connectivity index (χ0v) is 16.6. The fourth-order valence-corrected chi connectivity index (χ4v) is 3.07. The number of hydrogen-bond acceptors (Lipinski definition) is 5. The van der Waals surface area contributed by atoms with Crippen molar-refractivity contribution in [2.24, 2.45) is 0 Å². The van der Waals surface area contributed by atoms with Crippen molar-refractivity contribution in [2.45, 2.75) is 20.1 Å². The molecule has 1 fully saturated rings. The van der Waals surface area contributed by atoms with Crippen LogP contribution in [0, 0.1) is 0 Å². The molecule has 150 valence electrons. The number of aromatic nitrogens is 1. The maximum Gasteiger partial charge on any atom is 0.319 e. The number of nitrogens with one attached hydrogen (secondary N) is 2. The van der Waals surface area contributed by atoms with Crippen molar-refractivity contribution in [2.75, 3.05) is 50.1 Å². The second-order valence-electron chi connectivity index (χ2n) is 6.92. The van der Waals surface area contributed by atoms with E-state index < -0.39 is 0 Å². The molecule has 0 aliphatic carbocycles. The molecule has 0 bridgehead atoms. The first kappa shape index (κ1) is 20.1. The average Bonchev–Trinajstić information content (AvgIpc) is 2.73. The molecule has 1 aliphatic rings. The number of nitrogens with zero attached hydrogens (tertiary/aromatic N) is 3. The fourth-order valence-electron chi connectivity index (χ4n) is 3.07. The van der Waals surface area contributed by atoms with Gasteiger partial charge in [-0.2, -0.15) is 0 Å². The summed E-state index contributed by atoms with van der Waals surface area (Å²) in [5, 5.41) is 5.78. The number of pyridine rings is 1. The number of rotatable bonds is 7. The lowest BCUT2D eigenvalue weighted by atomic mass is 10.2. The van der Waals surface area contributed by atoms with Gasteiger partial charge in [-0.15, -0.1) is 0 Å². The lowest BCUT2D eigenvalue weighted by Crippen LogP contribution is -2.44. The molecule has 2 amide bonds. The predicted octanol–water partition coefficient (Wildman–Crippen LogP) is 2.69. The minimum Gasteiger partial charge on any atom is -0.377 e. The van der Waals surface area contributed by atoms with Crippen molar-refractivity contribution in [3.8, 4) is 0 Å². The molecule has 1 aromatic heterocycles. The van der Waals surface area contributed by atoms with E-state index in [9.17, 15) is 4.79 Å². The second kappa shape index (κ2) is 10.1. The van der Waals surface area contributed by atoms with Gasteiger partial charge < -0.3 is 25.2 Å². The van der Waals surface area contributed by atoms with E-state index in [2.05, 4.69) is 32.5 Å². The Morgan fingerprint density at radius 3 is 2.64 bits per heavy atom. The molecule has 0 radical (unpaired) electrons. The summed E-state index contributed by atoms with van der Waals surface area (Å²) >= 11 is 0. The summed E-state index contributed by atoms with van der Waals surface area (Å²) in [7, 11) is 2.14. The predicted molar refractivity (Wildman–Crippen MR) is 112 cm³/mol. The third kappa shape index (κ3) is 5.68. The summed E-state index contributed by atoms with van der Waals surface area (Å²) in [6.07, 6.45) is 1.83. The summed E-state index contributed by atoms with van der Waals surface area (Å²) in [6.45, 7) is 7.57. The van der Waals surface area contributed by atoms with Crippen molar-refractivity contribution >= 4 is 17.5 Å². The third-order valence-corrected chi connectivity index (χ3v) is 4.82. The summed E-state index contributed by atoms with van der Waals surface area (Å²) in [5.74, 6) is 0.992. The Hall–Kier alpha value is -2.64. The highest BCUT2D eigenvalue weighted by Crippen LogP contribution is 2.16. The van der Waals surface area contributed by atoms with Gasteiger partial charge in [0.15, 0.2) is 0 Å². The Kier molecular flexibility index (Phi) is 7.22. The van der Waals surface area contributed by atoms with E-state index in [0.29, 0.717) is 19.8 Å². The van der Waals surface area contributed by atoms with Crippen LogP contribution in [0.1, 0.15) is 18.1 Å². The van der Waals surface area contributed by atoms with Gasteiger partial charge in [0.2, 0.25) is 0 Å². The van der Waals surface area contributed by atoms with E-state index in [0.717, 1.165) is 48.8 Å². The third-order valence-electron chi connectivity index (χ3n) is 4.82. The number of ether oxygens (including phenoxy) is 1. The number of hydrogen-bond donors (Lipinski definition) is 2. The molecular formula is C21H29N5O2. The first-order chi connectivity index (χ1) is 13.7. The summed E-state index contributed by atoms with van der Waals surface area (Å²) in [5.41, 5.74) is 2.69. The highest BCUT2D eigenvalue weighted by Gasteiger charge is 2.15. The van der Waals surface area contributed by atoms with E-state index in [-0.39, 0.29) is 6.03 Å². The molecule has 0 unspecified atom stereocenters. The molecule has 2 aromatic rings. The van der Waals surface area contributed by atoms with Gasteiger partial charge in [0, 0.05) is 56.8 Å². The van der Waals surface area contributed by atoms with Gasteiger partial charge in [-0.3, -0.25) is 0 Å². The second-order valence-corrected chi connectivity index (χ2v) is 6.92. The van der Waals surface area contributed by atoms with Crippen LogP contribution in [-0.2, 0) is 17.9 Å². The van der Waals surface area contributed by atoms with Crippen LogP contribution in [0.3, 0.4) is 0 Å². The molecule has 2 heterocycles. The monoisotopic (exact) mass is 383 g/mol. The number of carbonyl (C=O) groups excluding carboxylic acids is 1. The van der Waals surface area contributed by atoms with E-state index in [4.69, 9.17) is 4.74 Å². The number of urea groups is 1. The maximum absolute atomic E-state index is 12.3. The number of likely N-dealkylation sites (N-methyl/N-ethyl adjacent to an activating group) is 1. The summed E-state index contributed by atoms with van der Waals surface area (Å²) in [6, 6.07) is 11.5. The van der Waals surface area contributed by atoms with Gasteiger partial charge in [-0.05, 0) is 31.7 Å². The highest BCUT2D eigenvalue weighted by atomic mass is 16.5. The highest BCUT2D eigenvalue weighted by molar-refractivity contribution is 5.90. The molecule has 2 N–H and O–H groups in total. The smallest absolute Gasteiger partial charge is 0.319 e. The Balaban J connectivity index is 1.50. The van der Waals surface area contributed by atoms with Gasteiger partial charge in [-0.1, -0.05) is 24.3 Å². The van der Waals surface area contributed by atoms with Crippen molar-refractivity contribution in [1.82, 2.24) is 15.2 Å². The molecule has 1 aliphatic heterocycles. The maximum atomic E-state index is 12.3. The van der Waals surface area contributed by atoms with Gasteiger partial charge in [-0.25, -0.2) is 9.78 Å². The molecular weight excluding hydrogens is 354 g/mol. The molecule has 0 saturated carbocycles. The zero-order chi connectivity index (χ0) is 19.8. The van der Waals surface area contributed by atoms with E-state index in [1.165, 1.54) is 0 Å². The molecule has 1 aromatic carbocycles. The standard InChI is InChI=1S/C21H29N5O2/c1-3-28-16-18-6-4-5-7-19(18)24-21(27)23-15-17-8-9-20(22-14-17)26-12-10-25(2)11-13-26/h4-9,14H,3,10-13,15-16H2,1-2H3,(H2,23,24,27). The van der Waals surface area contributed by atoms with Crippen molar-refractivity contribution < 1.29 is 9.53 Å². The van der Waals surface area contributed by atoms with Gasteiger partial charge in [0.05, 0.1) is 6.61 Å². The number of piperazine rings is 1. The first-order valence-corrected chi connectivity index (χ1v) is 9.74. The lowest BCUT2D eigenvalue weighted by Gasteiger charge is -2.33. The molecule has 7 nitrogen and oxygen atoms in total. The Morgan fingerprint density at radius 1 is 1.14 bits per heavy atom. The number of carbonyl (C=O) groups is 1. The topological polar surface area (TPSA) is 69.7 Å². The summed E-state index contributed by atoms with van der Waals surface area (Å²) < 4.78 is 5.45. The van der Waals surface area contributed by atoms with Crippen molar-refractivity contribution in [3.05, 3.63) is 53.7 Å². The molecule has 3 rings (SSSR count).